The van der Waals surface area contributed by atoms with Gasteiger partial charge in [0, 0.05) is 92.0 Å². The Kier molecular flexibility index (Phi) is 20.9. The summed E-state index contributed by atoms with van der Waals surface area (Å²) >= 11 is 0. The zero-order chi connectivity index (χ0) is 65.4. The van der Waals surface area contributed by atoms with Crippen LogP contribution in [0.25, 0.3) is 32.7 Å². The van der Waals surface area contributed by atoms with Crippen LogP contribution in [0.4, 0.5) is 17.1 Å². The number of fused-ring (bicyclic) bond motifs is 3. The first-order valence-corrected chi connectivity index (χ1v) is 31.5. The number of nitrogens with two attached hydrogens (primary N) is 6. The lowest BCUT2D eigenvalue weighted by Gasteiger charge is -2.28. The average molecular weight is 1230 g/mol. The average Bonchev–Trinajstić information content (AvgIpc) is 1.82. The van der Waals surface area contributed by atoms with Crippen LogP contribution in [-0.2, 0) is 48.0 Å². The summed E-state index contributed by atoms with van der Waals surface area (Å²) in [5.74, 6) is -3.66. The molecule has 3 amide bonds. The Morgan fingerprint density at radius 3 is 0.868 bits per heavy atom. The number of aryl methyl sites for hydroxylation is 6. The number of hydrogen-bond donors (Lipinski definition) is 12. The summed E-state index contributed by atoms with van der Waals surface area (Å²) in [6, 6.07) is 39.7. The summed E-state index contributed by atoms with van der Waals surface area (Å²) in [4.78, 5) is 96.8. The predicted octanol–water partition coefficient (Wildman–Crippen LogP) is 9.89. The van der Waals surface area contributed by atoms with E-state index in [-0.39, 0.29) is 38.5 Å². The highest BCUT2D eigenvalue weighted by Crippen LogP contribution is 2.36. The number of unbranched alkanes of at least 4 members (excludes halogenated alkanes) is 3. The van der Waals surface area contributed by atoms with Crippen molar-refractivity contribution in [3.8, 4) is 0 Å². The number of carbonyl (C=O) groups is 6. The maximum atomic E-state index is 14.5. The Hall–Kier alpha value is -8.88. The van der Waals surface area contributed by atoms with E-state index in [2.05, 4.69) is 30.9 Å². The monoisotopic (exact) mass is 1230 g/mol. The van der Waals surface area contributed by atoms with E-state index >= 15 is 0 Å². The summed E-state index contributed by atoms with van der Waals surface area (Å²) in [6.45, 7) is 12.8. The van der Waals surface area contributed by atoms with Gasteiger partial charge in [-0.1, -0.05) is 71.3 Å². The number of nitrogens with one attached hydrogen (secondary N) is 6. The Bertz CT molecular complexity index is 3720. The van der Waals surface area contributed by atoms with Gasteiger partial charge < -0.3 is 65.3 Å². The first-order valence-electron chi connectivity index (χ1n) is 31.5. The number of carbonyl (C=O) groups excluding carboxylic acids is 6. The molecule has 3 aromatic heterocycles. The first kappa shape index (κ1) is 66.5. The molecule has 0 spiro atoms. The molecule has 0 aliphatic rings. The van der Waals surface area contributed by atoms with Crippen LogP contribution in [0.3, 0.4) is 0 Å². The molecule has 18 heteroatoms. The smallest absolute Gasteiger partial charge is 0.252 e. The molecule has 9 aromatic rings. The molecular formula is C73H88N12O6. The van der Waals surface area contributed by atoms with Gasteiger partial charge in [-0.15, -0.1) is 0 Å². The van der Waals surface area contributed by atoms with Crippen LogP contribution in [0.5, 0.6) is 0 Å². The highest BCUT2D eigenvalue weighted by atomic mass is 16.2. The van der Waals surface area contributed by atoms with Crippen molar-refractivity contribution in [1.29, 1.82) is 0 Å². The number of H-pyrrole nitrogens is 3. The van der Waals surface area contributed by atoms with Crippen molar-refractivity contribution < 1.29 is 28.8 Å². The Labute approximate surface area is 531 Å². The van der Waals surface area contributed by atoms with Crippen molar-refractivity contribution in [2.75, 3.05) is 35.6 Å². The maximum Gasteiger partial charge on any atom is 0.252 e. The van der Waals surface area contributed by atoms with E-state index in [0.29, 0.717) is 75.2 Å². The first-order chi connectivity index (χ1) is 43.5. The highest BCUT2D eigenvalue weighted by molar-refractivity contribution is 6.18. The Balaban J connectivity index is 1.00. The molecule has 0 radical (unpaired) electrons. The molecule has 0 bridgehead atoms. The van der Waals surface area contributed by atoms with Gasteiger partial charge in [0.2, 0.25) is 0 Å². The van der Waals surface area contributed by atoms with Crippen LogP contribution in [0.1, 0.15) is 131 Å². The lowest BCUT2D eigenvalue weighted by Crippen LogP contribution is -2.58. The molecule has 476 valence electrons. The number of Topliss-reactive ketones (excluding diaryl/α,β-unsaturated/α-hetero) is 3. The van der Waals surface area contributed by atoms with Gasteiger partial charge >= 0.3 is 0 Å². The van der Waals surface area contributed by atoms with Crippen molar-refractivity contribution >= 4 is 84.8 Å². The minimum Gasteiger partial charge on any atom is -0.358 e. The maximum absolute atomic E-state index is 14.5. The van der Waals surface area contributed by atoms with Crippen molar-refractivity contribution in [2.45, 2.75) is 141 Å². The van der Waals surface area contributed by atoms with E-state index in [9.17, 15) is 28.8 Å². The summed E-state index contributed by atoms with van der Waals surface area (Å²) in [5.41, 5.74) is 47.1. The van der Waals surface area contributed by atoms with E-state index < -0.39 is 57.6 Å². The number of rotatable bonds is 30. The van der Waals surface area contributed by atoms with Gasteiger partial charge in [-0.05, 0) is 225 Å². The van der Waals surface area contributed by atoms with Gasteiger partial charge in [-0.25, -0.2) is 0 Å². The normalized spacial score (nSPS) is 13.7. The molecule has 0 fully saturated rings. The fraction of sp³-hybridized carbons (Fsp3) is 0.342. The summed E-state index contributed by atoms with van der Waals surface area (Å²) in [5, 5.41) is 11.6. The second-order valence-corrected chi connectivity index (χ2v) is 24.9. The summed E-state index contributed by atoms with van der Waals surface area (Å²) in [6.07, 6.45) is 3.21. The predicted molar refractivity (Wildman–Crippen MR) is 365 cm³/mol. The standard InChI is InChI=1S/C73H88N12O6/c1-43-13-28-61-58(37-43)55(46(4)80-61)40-64(86)71(77,31-7-10-34-74)68(89)83-52-22-16-49(17-23-52)67(50-18-24-53(25-19-50)84-69(90)72(78,32-8-11-35-75)65(87)41-56-47(5)81-62-29-14-44(2)38-59(56)62)51-20-26-54(27-21-51)85-70(91)73(79,33-9-12-36-76)66(88)42-57-48(6)82-63-30-15-45(3)39-60(57)63/h13-30,37-39,67,80-82H,7-12,31-36,40-42,74-79H2,1-6H3,(H,83,89)(H,84,90)(H,85,91)/t71-,72-,73-/m0/s1. The molecule has 0 aliphatic heterocycles. The zero-order valence-electron chi connectivity index (χ0n) is 53.2. The van der Waals surface area contributed by atoms with Crippen molar-refractivity contribution in [3.05, 3.63) is 195 Å². The lowest BCUT2D eigenvalue weighted by atomic mass is 9.83. The molecule has 91 heavy (non-hydrogen) atoms. The number of benzene rings is 6. The van der Waals surface area contributed by atoms with Crippen LogP contribution in [-0.4, -0.2) is 86.3 Å². The largest absolute Gasteiger partial charge is 0.358 e. The van der Waals surface area contributed by atoms with Gasteiger partial charge in [0.05, 0.1) is 0 Å². The molecule has 18 nitrogen and oxygen atoms in total. The topological polar surface area (TPSA) is 342 Å². The number of ketones is 3. The molecular weight excluding hydrogens is 1140 g/mol. The third-order valence-electron chi connectivity index (χ3n) is 18.1. The van der Waals surface area contributed by atoms with Gasteiger partial charge in [0.1, 0.15) is 0 Å². The third kappa shape index (κ3) is 14.7. The van der Waals surface area contributed by atoms with Crippen LogP contribution in [0.15, 0.2) is 127 Å². The fourth-order valence-electron chi connectivity index (χ4n) is 12.5. The molecule has 0 saturated heterocycles. The van der Waals surface area contributed by atoms with Gasteiger partial charge in [-0.2, -0.15) is 0 Å². The Morgan fingerprint density at radius 1 is 0.374 bits per heavy atom. The Morgan fingerprint density at radius 2 is 0.626 bits per heavy atom. The summed E-state index contributed by atoms with van der Waals surface area (Å²) in [7, 11) is 0. The van der Waals surface area contributed by atoms with Gasteiger partial charge in [-0.3, -0.25) is 28.8 Å². The van der Waals surface area contributed by atoms with Gasteiger partial charge in [0.15, 0.2) is 34.0 Å². The van der Waals surface area contributed by atoms with E-state index in [0.717, 1.165) is 99.9 Å². The van der Waals surface area contributed by atoms with E-state index in [4.69, 9.17) is 34.4 Å². The highest BCUT2D eigenvalue weighted by Gasteiger charge is 2.44. The lowest BCUT2D eigenvalue weighted by molar-refractivity contribution is -0.134. The molecule has 0 saturated carbocycles. The van der Waals surface area contributed by atoms with Crippen LogP contribution in [0, 0.1) is 41.5 Å². The molecule has 18 N–H and O–H groups in total. The van der Waals surface area contributed by atoms with E-state index in [1.807, 2.05) is 133 Å². The van der Waals surface area contributed by atoms with Crippen LogP contribution < -0.4 is 50.4 Å². The SMILES string of the molecule is Cc1ccc2[nH]c(C)c(CC(=O)[C@@](N)(CCCCN)C(=O)Nc3ccc(C(c4ccc(NC(=O)[C@](N)(CCCCN)C(=O)Cc5c(C)[nH]c6ccc(C)cc56)cc4)c4ccc(NC(=O)[C@](N)(CCCCN)C(=O)Cc5c(C)[nH]c6ccc(C)cc56)cc4)cc3)c2c1. The van der Waals surface area contributed by atoms with Crippen molar-refractivity contribution in [3.63, 3.8) is 0 Å². The number of aromatic amines is 3. The minimum atomic E-state index is -1.88. The second-order valence-electron chi connectivity index (χ2n) is 24.9. The molecule has 0 aliphatic carbocycles. The molecule has 3 heterocycles. The molecule has 0 unspecified atom stereocenters. The van der Waals surface area contributed by atoms with Crippen molar-refractivity contribution in [2.24, 2.45) is 34.4 Å². The molecule has 6 aromatic carbocycles. The fourth-order valence-corrected chi connectivity index (χ4v) is 12.5. The summed E-state index contributed by atoms with van der Waals surface area (Å²) < 4.78 is 0. The minimum absolute atomic E-state index is 0.0516. The van der Waals surface area contributed by atoms with E-state index in [1.165, 1.54) is 0 Å². The molecule has 3 atom stereocenters. The number of anilines is 3. The van der Waals surface area contributed by atoms with Gasteiger partial charge in [0.25, 0.3) is 17.7 Å². The second kappa shape index (κ2) is 28.5. The number of amides is 3. The number of hydrogen-bond acceptors (Lipinski definition) is 12. The molecule has 9 rings (SSSR count). The quantitative estimate of drug-likeness (QED) is 0.0114. The third-order valence-corrected chi connectivity index (χ3v) is 18.1. The van der Waals surface area contributed by atoms with Crippen LogP contribution in [0.2, 0.25) is 0 Å². The zero-order valence-corrected chi connectivity index (χ0v) is 53.2. The van der Waals surface area contributed by atoms with Crippen LogP contribution >= 0.6 is 0 Å². The van der Waals surface area contributed by atoms with E-state index in [1.54, 1.807) is 36.4 Å². The van der Waals surface area contributed by atoms with Crippen molar-refractivity contribution in [1.82, 2.24) is 15.0 Å². The number of aromatic nitrogens is 3.